The molecule has 2 amide bonds. The van der Waals surface area contributed by atoms with E-state index in [0.29, 0.717) is 23.1 Å². The molecular weight excluding hydrogens is 432 g/mol. The van der Waals surface area contributed by atoms with Crippen molar-refractivity contribution in [1.82, 2.24) is 15.1 Å². The lowest BCUT2D eigenvalue weighted by Crippen LogP contribution is -2.41. The van der Waals surface area contributed by atoms with Crippen LogP contribution in [0.4, 0.5) is 5.13 Å². The van der Waals surface area contributed by atoms with Gasteiger partial charge in [0.1, 0.15) is 10.8 Å². The van der Waals surface area contributed by atoms with E-state index in [2.05, 4.69) is 15.5 Å². The minimum atomic E-state index is -0.186. The third-order valence-corrected chi connectivity index (χ3v) is 6.70. The van der Waals surface area contributed by atoms with E-state index in [1.54, 1.807) is 23.3 Å². The molecule has 0 aliphatic heterocycles. The molecule has 0 saturated heterocycles. The van der Waals surface area contributed by atoms with Crippen molar-refractivity contribution in [2.45, 2.75) is 39.2 Å². The molecule has 0 fully saturated rings. The smallest absolute Gasteiger partial charge is 0.228 e. The number of rotatable bonds is 10. The van der Waals surface area contributed by atoms with Gasteiger partial charge >= 0.3 is 0 Å². The molecule has 3 rings (SSSR count). The number of nitrogens with zero attached hydrogens (tertiary/aromatic N) is 3. The molecule has 0 radical (unpaired) electrons. The number of benzene rings is 1. The van der Waals surface area contributed by atoms with Gasteiger partial charge in [-0.1, -0.05) is 24.3 Å². The van der Waals surface area contributed by atoms with Gasteiger partial charge in [0, 0.05) is 29.4 Å². The fourth-order valence-electron chi connectivity index (χ4n) is 3.00. The van der Waals surface area contributed by atoms with Crippen molar-refractivity contribution >= 4 is 39.6 Å². The summed E-state index contributed by atoms with van der Waals surface area (Å²) in [6, 6.07) is 11.5. The summed E-state index contributed by atoms with van der Waals surface area (Å²) in [5.41, 5.74) is 0.904. The van der Waals surface area contributed by atoms with Crippen LogP contribution in [0.3, 0.4) is 0 Å². The molecular formula is C22H26N4O3S2. The summed E-state index contributed by atoms with van der Waals surface area (Å²) in [5, 5.41) is 14.1. The number of carbonyl (C=O) groups excluding carboxylic acids is 2. The van der Waals surface area contributed by atoms with Gasteiger partial charge in [-0.05, 0) is 49.1 Å². The molecule has 0 spiro atoms. The lowest BCUT2D eigenvalue weighted by atomic mass is 10.2. The number of aromatic nitrogens is 2. The standard InChI is InChI=1S/C22H26N4O3S2/c1-4-15(2)26(20(28)14-18-6-5-13-30-18)12-11-19(27)23-22-25-24-21(31-22)16-7-9-17(29-3)10-8-16/h5-10,13,15H,4,11-12,14H2,1-3H3,(H,23,25,27). The quantitative estimate of drug-likeness (QED) is 0.484. The molecule has 1 N–H and O–H groups in total. The maximum absolute atomic E-state index is 12.8. The molecule has 0 aliphatic rings. The third-order valence-electron chi connectivity index (χ3n) is 4.94. The molecule has 7 nitrogen and oxygen atoms in total. The molecule has 0 bridgehead atoms. The Kier molecular flexibility index (Phi) is 8.13. The van der Waals surface area contributed by atoms with Crippen LogP contribution < -0.4 is 10.1 Å². The van der Waals surface area contributed by atoms with Crippen molar-refractivity contribution in [2.75, 3.05) is 19.0 Å². The average molecular weight is 459 g/mol. The Morgan fingerprint density at radius 2 is 1.97 bits per heavy atom. The Hall–Kier alpha value is -2.78. The van der Waals surface area contributed by atoms with Crippen LogP contribution in [0.2, 0.25) is 0 Å². The summed E-state index contributed by atoms with van der Waals surface area (Å²) in [6.45, 7) is 4.42. The maximum atomic E-state index is 12.8. The van der Waals surface area contributed by atoms with Crippen LogP contribution in [0.5, 0.6) is 5.75 Å². The first kappa shape index (κ1) is 22.9. The molecule has 31 heavy (non-hydrogen) atoms. The first-order valence-electron chi connectivity index (χ1n) is 10.1. The van der Waals surface area contributed by atoms with Crippen LogP contribution in [-0.4, -0.2) is 46.6 Å². The van der Waals surface area contributed by atoms with Gasteiger partial charge in [0.15, 0.2) is 0 Å². The minimum absolute atomic E-state index is 0.0438. The number of thiophene rings is 1. The van der Waals surface area contributed by atoms with Gasteiger partial charge in [0.25, 0.3) is 0 Å². The van der Waals surface area contributed by atoms with Crippen molar-refractivity contribution in [2.24, 2.45) is 0 Å². The Morgan fingerprint density at radius 3 is 2.61 bits per heavy atom. The monoisotopic (exact) mass is 458 g/mol. The number of hydrogen-bond donors (Lipinski definition) is 1. The van der Waals surface area contributed by atoms with Gasteiger partial charge in [-0.3, -0.25) is 9.59 Å². The fourth-order valence-corrected chi connectivity index (χ4v) is 4.46. The van der Waals surface area contributed by atoms with Crippen molar-refractivity contribution < 1.29 is 14.3 Å². The van der Waals surface area contributed by atoms with Crippen molar-refractivity contribution in [3.63, 3.8) is 0 Å². The molecule has 9 heteroatoms. The lowest BCUT2D eigenvalue weighted by Gasteiger charge is -2.28. The Balaban J connectivity index is 1.56. The van der Waals surface area contributed by atoms with Crippen LogP contribution in [0.15, 0.2) is 41.8 Å². The van der Waals surface area contributed by atoms with Crippen LogP contribution in [0, 0.1) is 0 Å². The number of amides is 2. The molecule has 2 aromatic heterocycles. The first-order valence-corrected chi connectivity index (χ1v) is 11.8. The zero-order chi connectivity index (χ0) is 22.2. The molecule has 0 aliphatic carbocycles. The van der Waals surface area contributed by atoms with Gasteiger partial charge in [0.05, 0.1) is 13.5 Å². The highest BCUT2D eigenvalue weighted by atomic mass is 32.1. The molecule has 3 aromatic rings. The van der Waals surface area contributed by atoms with Crippen molar-refractivity contribution in [3.05, 3.63) is 46.7 Å². The number of carbonyl (C=O) groups is 2. The summed E-state index contributed by atoms with van der Waals surface area (Å²) in [7, 11) is 1.62. The third kappa shape index (κ3) is 6.35. The predicted molar refractivity (Wildman–Crippen MR) is 125 cm³/mol. The van der Waals surface area contributed by atoms with Gasteiger partial charge in [-0.15, -0.1) is 21.5 Å². The highest BCUT2D eigenvalue weighted by Crippen LogP contribution is 2.27. The maximum Gasteiger partial charge on any atom is 0.228 e. The predicted octanol–water partition coefficient (Wildman–Crippen LogP) is 4.47. The van der Waals surface area contributed by atoms with E-state index in [1.165, 1.54) is 11.3 Å². The molecule has 2 heterocycles. The van der Waals surface area contributed by atoms with E-state index >= 15 is 0 Å². The Labute approximate surface area is 190 Å². The largest absolute Gasteiger partial charge is 0.497 e. The summed E-state index contributed by atoms with van der Waals surface area (Å²) in [5.74, 6) is 0.623. The van der Waals surface area contributed by atoms with E-state index in [1.807, 2.05) is 55.6 Å². The molecule has 164 valence electrons. The van der Waals surface area contributed by atoms with E-state index < -0.39 is 0 Å². The number of hydrogen-bond acceptors (Lipinski definition) is 7. The van der Waals surface area contributed by atoms with E-state index in [0.717, 1.165) is 22.6 Å². The second kappa shape index (κ2) is 11.0. The Morgan fingerprint density at radius 1 is 1.19 bits per heavy atom. The Bertz CT molecular complexity index is 987. The van der Waals surface area contributed by atoms with Crippen LogP contribution in [-0.2, 0) is 16.0 Å². The summed E-state index contributed by atoms with van der Waals surface area (Å²) < 4.78 is 5.16. The topological polar surface area (TPSA) is 84.4 Å². The van der Waals surface area contributed by atoms with Crippen LogP contribution in [0.25, 0.3) is 10.6 Å². The van der Waals surface area contributed by atoms with Crippen LogP contribution >= 0.6 is 22.7 Å². The number of ether oxygens (including phenoxy) is 1. The average Bonchev–Trinajstić information content (AvgIpc) is 3.46. The highest BCUT2D eigenvalue weighted by molar-refractivity contribution is 7.18. The second-order valence-electron chi connectivity index (χ2n) is 7.04. The van der Waals surface area contributed by atoms with Crippen molar-refractivity contribution in [1.29, 1.82) is 0 Å². The van der Waals surface area contributed by atoms with Crippen LogP contribution in [0.1, 0.15) is 31.6 Å². The second-order valence-corrected chi connectivity index (χ2v) is 9.05. The van der Waals surface area contributed by atoms with Gasteiger partial charge in [-0.2, -0.15) is 0 Å². The normalized spacial score (nSPS) is 11.7. The summed E-state index contributed by atoms with van der Waals surface area (Å²) in [4.78, 5) is 28.1. The van der Waals surface area contributed by atoms with E-state index in [9.17, 15) is 9.59 Å². The molecule has 1 atom stereocenters. The minimum Gasteiger partial charge on any atom is -0.497 e. The zero-order valence-corrected chi connectivity index (χ0v) is 19.5. The fraction of sp³-hybridized carbons (Fsp3) is 0.364. The van der Waals surface area contributed by atoms with Gasteiger partial charge in [0.2, 0.25) is 16.9 Å². The van der Waals surface area contributed by atoms with Crippen molar-refractivity contribution in [3.8, 4) is 16.3 Å². The molecule has 0 saturated carbocycles. The number of methoxy groups -OCH3 is 1. The number of nitrogens with one attached hydrogen (secondary N) is 1. The van der Waals surface area contributed by atoms with Gasteiger partial charge in [-0.25, -0.2) is 0 Å². The SMILES string of the molecule is CCC(C)N(CCC(=O)Nc1nnc(-c2ccc(OC)cc2)s1)C(=O)Cc1cccs1. The van der Waals surface area contributed by atoms with Gasteiger partial charge < -0.3 is 15.0 Å². The molecule has 1 unspecified atom stereocenters. The number of anilines is 1. The lowest BCUT2D eigenvalue weighted by molar-refractivity contribution is -0.133. The molecule has 1 aromatic carbocycles. The highest BCUT2D eigenvalue weighted by Gasteiger charge is 2.21. The summed E-state index contributed by atoms with van der Waals surface area (Å²) in [6.07, 6.45) is 1.41. The zero-order valence-electron chi connectivity index (χ0n) is 17.8. The van der Waals surface area contributed by atoms with E-state index in [-0.39, 0.29) is 24.3 Å². The van der Waals surface area contributed by atoms with E-state index in [4.69, 9.17) is 4.74 Å². The first-order chi connectivity index (χ1) is 15.0. The summed E-state index contributed by atoms with van der Waals surface area (Å²) >= 11 is 2.88.